The average molecular weight is 439 g/mol. The molecule has 4 rings (SSSR count). The van der Waals surface area contributed by atoms with E-state index in [0.717, 1.165) is 46.5 Å². The molecule has 170 valence electrons. The summed E-state index contributed by atoms with van der Waals surface area (Å²) in [4.78, 5) is 23.0. The first kappa shape index (κ1) is 22.3. The Balaban J connectivity index is 1.64. The minimum atomic E-state index is -0.249. The van der Waals surface area contributed by atoms with Crippen molar-refractivity contribution in [1.29, 1.82) is 0 Å². The Morgan fingerprint density at radius 1 is 1.12 bits per heavy atom. The predicted molar refractivity (Wildman–Crippen MR) is 126 cm³/mol. The Bertz CT molecular complexity index is 1100. The van der Waals surface area contributed by atoms with Crippen molar-refractivity contribution in [1.82, 2.24) is 14.8 Å². The SMILES string of the molecule is Cc1[nH]c2c(N(C)Cc3ccc(F)cc3)cc(C(=O)N3CCN(CCO)CC3)cc2c1C. The van der Waals surface area contributed by atoms with E-state index in [0.29, 0.717) is 31.7 Å². The largest absolute Gasteiger partial charge is 0.395 e. The molecule has 0 bridgehead atoms. The maximum Gasteiger partial charge on any atom is 0.254 e. The van der Waals surface area contributed by atoms with E-state index >= 15 is 0 Å². The summed E-state index contributed by atoms with van der Waals surface area (Å²) < 4.78 is 13.3. The highest BCUT2D eigenvalue weighted by molar-refractivity contribution is 6.04. The number of aliphatic hydroxyl groups is 1. The van der Waals surface area contributed by atoms with E-state index in [1.165, 1.54) is 12.1 Å². The second-order valence-corrected chi connectivity index (χ2v) is 8.63. The van der Waals surface area contributed by atoms with Gasteiger partial charge < -0.3 is 19.9 Å². The number of benzene rings is 2. The molecule has 32 heavy (non-hydrogen) atoms. The Labute approximate surface area is 188 Å². The van der Waals surface area contributed by atoms with Crippen LogP contribution in [0.25, 0.3) is 10.9 Å². The normalized spacial score (nSPS) is 14.8. The van der Waals surface area contributed by atoms with Crippen molar-refractivity contribution < 1.29 is 14.3 Å². The van der Waals surface area contributed by atoms with Crippen LogP contribution in [0.5, 0.6) is 0 Å². The number of carbonyl (C=O) groups is 1. The summed E-state index contributed by atoms with van der Waals surface area (Å²) in [7, 11) is 1.99. The van der Waals surface area contributed by atoms with E-state index in [-0.39, 0.29) is 18.3 Å². The number of nitrogens with zero attached hydrogens (tertiary/aromatic N) is 3. The average Bonchev–Trinajstić information content (AvgIpc) is 3.08. The minimum absolute atomic E-state index is 0.0326. The van der Waals surface area contributed by atoms with E-state index in [1.54, 1.807) is 12.1 Å². The van der Waals surface area contributed by atoms with Crippen LogP contribution in [0.3, 0.4) is 0 Å². The van der Waals surface area contributed by atoms with Crippen LogP contribution in [0.2, 0.25) is 0 Å². The van der Waals surface area contributed by atoms with Gasteiger partial charge in [0, 0.05) is 63.0 Å². The number of anilines is 1. The summed E-state index contributed by atoms with van der Waals surface area (Å²) in [5, 5.41) is 10.2. The van der Waals surface area contributed by atoms with E-state index in [1.807, 2.05) is 31.0 Å². The molecule has 1 fully saturated rings. The fourth-order valence-electron chi connectivity index (χ4n) is 4.41. The van der Waals surface area contributed by atoms with Gasteiger partial charge in [-0.25, -0.2) is 4.39 Å². The van der Waals surface area contributed by atoms with Crippen LogP contribution in [0.15, 0.2) is 36.4 Å². The summed E-state index contributed by atoms with van der Waals surface area (Å²) in [5.74, 6) is -0.216. The summed E-state index contributed by atoms with van der Waals surface area (Å²) in [6.45, 7) is 8.35. The zero-order valence-electron chi connectivity index (χ0n) is 19.0. The van der Waals surface area contributed by atoms with Crippen molar-refractivity contribution in [3.63, 3.8) is 0 Å². The van der Waals surface area contributed by atoms with Gasteiger partial charge in [-0.3, -0.25) is 9.69 Å². The molecule has 0 spiro atoms. The molecule has 2 N–H and O–H groups in total. The van der Waals surface area contributed by atoms with Crippen LogP contribution < -0.4 is 4.90 Å². The molecule has 0 aliphatic carbocycles. The fourth-order valence-corrected chi connectivity index (χ4v) is 4.41. The van der Waals surface area contributed by atoms with Crippen LogP contribution in [-0.4, -0.2) is 72.2 Å². The molecule has 1 aliphatic heterocycles. The van der Waals surface area contributed by atoms with Crippen molar-refractivity contribution in [2.75, 3.05) is 51.3 Å². The molecule has 3 aromatic rings. The molecule has 1 aliphatic rings. The quantitative estimate of drug-likeness (QED) is 0.620. The molecule has 7 heteroatoms. The van der Waals surface area contributed by atoms with Gasteiger partial charge in [-0.2, -0.15) is 0 Å². The summed E-state index contributed by atoms with van der Waals surface area (Å²) in [6, 6.07) is 10.5. The number of piperazine rings is 1. The number of β-amino-alcohol motifs (C(OH)–C–C–N with tert-alkyl or cyclic N) is 1. The minimum Gasteiger partial charge on any atom is -0.395 e. The van der Waals surface area contributed by atoms with Gasteiger partial charge in [-0.05, 0) is 49.2 Å². The Hall–Kier alpha value is -2.90. The molecule has 1 saturated heterocycles. The number of H-pyrrole nitrogens is 1. The van der Waals surface area contributed by atoms with E-state index in [2.05, 4.69) is 21.7 Å². The number of aliphatic hydroxyl groups excluding tert-OH is 1. The predicted octanol–water partition coefficient (Wildman–Crippen LogP) is 3.31. The molecule has 0 saturated carbocycles. The van der Waals surface area contributed by atoms with Gasteiger partial charge in [-0.1, -0.05) is 12.1 Å². The van der Waals surface area contributed by atoms with Gasteiger partial charge in [0.05, 0.1) is 17.8 Å². The molecule has 0 radical (unpaired) electrons. The molecule has 2 aromatic carbocycles. The maximum atomic E-state index is 13.4. The number of hydrogen-bond acceptors (Lipinski definition) is 4. The highest BCUT2D eigenvalue weighted by atomic mass is 19.1. The van der Waals surface area contributed by atoms with Crippen LogP contribution in [0.1, 0.15) is 27.2 Å². The zero-order valence-corrected chi connectivity index (χ0v) is 19.0. The maximum absolute atomic E-state index is 13.4. The lowest BCUT2D eigenvalue weighted by molar-refractivity contribution is 0.0615. The molecular weight excluding hydrogens is 407 g/mol. The molecular formula is C25H31FN4O2. The third-order valence-corrected chi connectivity index (χ3v) is 6.46. The third-order valence-electron chi connectivity index (χ3n) is 6.46. The highest BCUT2D eigenvalue weighted by Gasteiger charge is 2.24. The lowest BCUT2D eigenvalue weighted by Crippen LogP contribution is -2.49. The van der Waals surface area contributed by atoms with Crippen LogP contribution in [0.4, 0.5) is 10.1 Å². The van der Waals surface area contributed by atoms with Gasteiger partial charge in [-0.15, -0.1) is 0 Å². The topological polar surface area (TPSA) is 62.8 Å². The Morgan fingerprint density at radius 3 is 2.47 bits per heavy atom. The number of fused-ring (bicyclic) bond motifs is 1. The van der Waals surface area contributed by atoms with Crippen molar-refractivity contribution in [2.24, 2.45) is 0 Å². The summed E-state index contributed by atoms with van der Waals surface area (Å²) in [5.41, 5.74) is 5.85. The van der Waals surface area contributed by atoms with E-state index in [9.17, 15) is 9.18 Å². The molecule has 0 unspecified atom stereocenters. The second-order valence-electron chi connectivity index (χ2n) is 8.63. The lowest BCUT2D eigenvalue weighted by Gasteiger charge is -2.34. The number of carbonyl (C=O) groups excluding carboxylic acids is 1. The molecule has 1 aromatic heterocycles. The number of rotatable bonds is 6. The summed E-state index contributed by atoms with van der Waals surface area (Å²) >= 11 is 0. The van der Waals surface area contributed by atoms with Crippen molar-refractivity contribution in [3.05, 3.63) is 64.6 Å². The Kier molecular flexibility index (Phi) is 6.48. The van der Waals surface area contributed by atoms with Crippen molar-refractivity contribution >= 4 is 22.5 Å². The van der Waals surface area contributed by atoms with Crippen LogP contribution >= 0.6 is 0 Å². The smallest absolute Gasteiger partial charge is 0.254 e. The first-order valence-electron chi connectivity index (χ1n) is 11.1. The van der Waals surface area contributed by atoms with Crippen LogP contribution in [0, 0.1) is 19.7 Å². The number of aromatic nitrogens is 1. The van der Waals surface area contributed by atoms with Crippen molar-refractivity contribution in [2.45, 2.75) is 20.4 Å². The Morgan fingerprint density at radius 2 is 1.81 bits per heavy atom. The summed E-state index contributed by atoms with van der Waals surface area (Å²) in [6.07, 6.45) is 0. The number of aryl methyl sites for hydroxylation is 2. The third kappa shape index (κ3) is 4.49. The molecule has 0 atom stereocenters. The molecule has 1 amide bonds. The number of aromatic amines is 1. The van der Waals surface area contributed by atoms with Gasteiger partial charge >= 0.3 is 0 Å². The molecule has 2 heterocycles. The number of halogens is 1. The van der Waals surface area contributed by atoms with Gasteiger partial charge in [0.2, 0.25) is 0 Å². The number of hydrogen-bond donors (Lipinski definition) is 2. The van der Waals surface area contributed by atoms with Gasteiger partial charge in [0.1, 0.15) is 5.82 Å². The first-order valence-corrected chi connectivity index (χ1v) is 11.1. The van der Waals surface area contributed by atoms with E-state index < -0.39 is 0 Å². The zero-order chi connectivity index (χ0) is 22.8. The van der Waals surface area contributed by atoms with Gasteiger partial charge in [0.15, 0.2) is 0 Å². The van der Waals surface area contributed by atoms with Crippen molar-refractivity contribution in [3.8, 4) is 0 Å². The lowest BCUT2D eigenvalue weighted by atomic mass is 10.0. The van der Waals surface area contributed by atoms with E-state index in [4.69, 9.17) is 5.11 Å². The standard InChI is InChI=1S/C25H31FN4O2/c1-17-18(2)27-24-22(17)14-20(25(32)30-10-8-29(9-11-30)12-13-31)15-23(24)28(3)16-19-4-6-21(26)7-5-19/h4-7,14-15,27,31H,8-13,16H2,1-3H3. The number of amides is 1. The first-order chi connectivity index (χ1) is 15.4. The van der Waals surface area contributed by atoms with Crippen LogP contribution in [-0.2, 0) is 6.54 Å². The fraction of sp³-hybridized carbons (Fsp3) is 0.400. The van der Waals surface area contributed by atoms with Gasteiger partial charge in [0.25, 0.3) is 5.91 Å². The monoisotopic (exact) mass is 438 g/mol. The second kappa shape index (κ2) is 9.30. The number of nitrogens with one attached hydrogen (secondary N) is 1. The highest BCUT2D eigenvalue weighted by Crippen LogP contribution is 2.32. The molecule has 6 nitrogen and oxygen atoms in total.